The average molecular weight is 434 g/mol. The summed E-state index contributed by atoms with van der Waals surface area (Å²) in [6.07, 6.45) is 1.19. The van der Waals surface area contributed by atoms with Gasteiger partial charge in [-0.25, -0.2) is 9.69 Å². The number of imide groups is 2. The van der Waals surface area contributed by atoms with Crippen molar-refractivity contribution in [1.29, 1.82) is 0 Å². The predicted molar refractivity (Wildman–Crippen MR) is 121 cm³/mol. The third kappa shape index (κ3) is 2.83. The van der Waals surface area contributed by atoms with Crippen molar-refractivity contribution in [2.45, 2.75) is 32.7 Å². The predicted octanol–water partition coefficient (Wildman–Crippen LogP) is 3.37. The molecule has 0 aromatic heterocycles. The second-order valence-electron chi connectivity index (χ2n) is 9.29. The topological polar surface area (TPSA) is 79.0 Å². The average Bonchev–Trinajstić information content (AvgIpc) is 2.77. The van der Waals surface area contributed by atoms with Crippen LogP contribution in [0.4, 0.5) is 16.2 Å². The summed E-state index contributed by atoms with van der Waals surface area (Å²) in [5, 5.41) is 2.51. The number of nitrogens with zero attached hydrogens (tertiary/aromatic N) is 2. The number of rotatable bonds is 2. The van der Waals surface area contributed by atoms with Gasteiger partial charge in [-0.3, -0.25) is 14.9 Å². The smallest absolute Gasteiger partial charge is 0.335 e. The van der Waals surface area contributed by atoms with Crippen molar-refractivity contribution >= 4 is 29.2 Å². The Kier molecular flexibility index (Phi) is 4.73. The Labute approximate surface area is 187 Å². The number of carbonyl (C=O) groups excluding carboxylic acids is 3. The van der Waals surface area contributed by atoms with E-state index in [1.54, 1.807) is 31.4 Å². The van der Waals surface area contributed by atoms with Gasteiger partial charge in [-0.2, -0.15) is 0 Å². The van der Waals surface area contributed by atoms with Gasteiger partial charge >= 0.3 is 6.03 Å². The lowest BCUT2D eigenvalue weighted by Crippen LogP contribution is -2.74. The summed E-state index contributed by atoms with van der Waals surface area (Å²) in [7, 11) is 1.56. The van der Waals surface area contributed by atoms with E-state index in [2.05, 4.69) is 30.1 Å². The van der Waals surface area contributed by atoms with Crippen molar-refractivity contribution in [3.63, 3.8) is 0 Å². The van der Waals surface area contributed by atoms with Gasteiger partial charge in [0.15, 0.2) is 5.41 Å². The lowest BCUT2D eigenvalue weighted by atomic mass is 9.62. The van der Waals surface area contributed by atoms with Crippen LogP contribution in [0.5, 0.6) is 5.75 Å². The molecule has 32 heavy (non-hydrogen) atoms. The molecule has 5 rings (SSSR count). The first-order valence-corrected chi connectivity index (χ1v) is 11.1. The molecule has 4 atom stereocenters. The van der Waals surface area contributed by atoms with Gasteiger partial charge in [0.25, 0.3) is 5.91 Å². The molecule has 3 aliphatic rings. The van der Waals surface area contributed by atoms with Crippen LogP contribution in [0.2, 0.25) is 0 Å². The van der Waals surface area contributed by atoms with Gasteiger partial charge < -0.3 is 9.64 Å². The number of methoxy groups -OCH3 is 1. The SMILES string of the molecule is COc1ccc(N2C(=O)NC(=O)C3(Cc4ccccc4N4CC(C)CC(C)C43)C2=O)cc1. The number of amides is 4. The van der Waals surface area contributed by atoms with Crippen LogP contribution in [0.1, 0.15) is 25.8 Å². The van der Waals surface area contributed by atoms with E-state index >= 15 is 0 Å². The zero-order chi connectivity index (χ0) is 22.6. The number of carbonyl (C=O) groups is 3. The fraction of sp³-hybridized carbons (Fsp3) is 0.400. The maximum Gasteiger partial charge on any atom is 0.335 e. The molecule has 2 aromatic rings. The van der Waals surface area contributed by atoms with E-state index in [1.807, 2.05) is 18.2 Å². The lowest BCUT2D eigenvalue weighted by Gasteiger charge is -2.56. The van der Waals surface area contributed by atoms with Crippen molar-refractivity contribution in [3.05, 3.63) is 54.1 Å². The zero-order valence-electron chi connectivity index (χ0n) is 18.5. The second-order valence-corrected chi connectivity index (χ2v) is 9.29. The van der Waals surface area contributed by atoms with Crippen molar-refractivity contribution < 1.29 is 19.1 Å². The zero-order valence-corrected chi connectivity index (χ0v) is 18.5. The van der Waals surface area contributed by atoms with Crippen LogP contribution in [-0.2, 0) is 16.0 Å². The number of piperidine rings is 1. The number of hydrogen-bond acceptors (Lipinski definition) is 5. The van der Waals surface area contributed by atoms with E-state index in [-0.39, 0.29) is 18.4 Å². The highest BCUT2D eigenvalue weighted by Gasteiger charge is 2.64. The number of fused-ring (bicyclic) bond motifs is 4. The number of benzene rings is 2. The minimum absolute atomic E-state index is 0.104. The highest BCUT2D eigenvalue weighted by molar-refractivity contribution is 6.30. The summed E-state index contributed by atoms with van der Waals surface area (Å²) >= 11 is 0. The fourth-order valence-corrected chi connectivity index (χ4v) is 5.98. The Hall–Kier alpha value is -3.35. The number of ether oxygens (including phenoxy) is 1. The van der Waals surface area contributed by atoms with E-state index in [1.165, 1.54) is 0 Å². The highest BCUT2D eigenvalue weighted by atomic mass is 16.5. The number of anilines is 2. The van der Waals surface area contributed by atoms with Gasteiger partial charge in [-0.15, -0.1) is 0 Å². The van der Waals surface area contributed by atoms with Gasteiger partial charge in [0.1, 0.15) is 5.75 Å². The monoisotopic (exact) mass is 433 g/mol. The Morgan fingerprint density at radius 1 is 1.03 bits per heavy atom. The Morgan fingerprint density at radius 2 is 1.75 bits per heavy atom. The summed E-state index contributed by atoms with van der Waals surface area (Å²) in [5.74, 6) is 0.209. The summed E-state index contributed by atoms with van der Waals surface area (Å²) < 4.78 is 5.21. The van der Waals surface area contributed by atoms with Crippen LogP contribution in [0, 0.1) is 17.3 Å². The molecule has 1 N–H and O–H groups in total. The molecule has 0 aliphatic carbocycles. The van der Waals surface area contributed by atoms with E-state index < -0.39 is 23.3 Å². The van der Waals surface area contributed by atoms with Crippen LogP contribution >= 0.6 is 0 Å². The van der Waals surface area contributed by atoms with Crippen molar-refractivity contribution in [2.24, 2.45) is 17.3 Å². The molecule has 4 unspecified atom stereocenters. The third-order valence-corrected chi connectivity index (χ3v) is 7.18. The summed E-state index contributed by atoms with van der Waals surface area (Å²) in [5.41, 5.74) is 1.08. The lowest BCUT2D eigenvalue weighted by molar-refractivity contribution is -0.146. The molecule has 2 fully saturated rings. The van der Waals surface area contributed by atoms with Gasteiger partial charge in [-0.1, -0.05) is 32.0 Å². The van der Waals surface area contributed by atoms with E-state index in [9.17, 15) is 14.4 Å². The molecule has 4 amide bonds. The maximum atomic E-state index is 14.2. The van der Waals surface area contributed by atoms with Crippen molar-refractivity contribution in [1.82, 2.24) is 5.32 Å². The summed E-state index contributed by atoms with van der Waals surface area (Å²) in [6.45, 7) is 5.08. The number of barbiturate groups is 1. The van der Waals surface area contributed by atoms with Crippen LogP contribution in [0.15, 0.2) is 48.5 Å². The van der Waals surface area contributed by atoms with Crippen LogP contribution in [0.3, 0.4) is 0 Å². The van der Waals surface area contributed by atoms with Crippen LogP contribution < -0.4 is 19.9 Å². The Morgan fingerprint density at radius 3 is 2.47 bits per heavy atom. The van der Waals surface area contributed by atoms with Crippen molar-refractivity contribution in [3.8, 4) is 5.75 Å². The molecule has 2 saturated heterocycles. The minimum Gasteiger partial charge on any atom is -0.497 e. The van der Waals surface area contributed by atoms with Gasteiger partial charge in [0.05, 0.1) is 18.8 Å². The quantitative estimate of drug-likeness (QED) is 0.735. The minimum atomic E-state index is -1.37. The first-order valence-electron chi connectivity index (χ1n) is 11.1. The summed E-state index contributed by atoms with van der Waals surface area (Å²) in [4.78, 5) is 43.9. The van der Waals surface area contributed by atoms with E-state index in [0.717, 1.165) is 29.1 Å². The number of urea groups is 1. The molecule has 3 heterocycles. The number of para-hydroxylation sites is 1. The maximum absolute atomic E-state index is 14.2. The van der Waals surface area contributed by atoms with E-state index in [4.69, 9.17) is 4.74 Å². The third-order valence-electron chi connectivity index (χ3n) is 7.18. The molecule has 2 aromatic carbocycles. The molecule has 166 valence electrons. The Balaban J connectivity index is 1.66. The molecular formula is C25H27N3O4. The molecule has 3 aliphatic heterocycles. The molecule has 1 spiro atoms. The standard InChI is InChI=1S/C25H27N3O4/c1-15-12-16(2)21-25(13-17-6-4-5-7-20(17)27(21)14-15)22(29)26-24(31)28(23(25)30)18-8-10-19(32-3)11-9-18/h4-11,15-16,21H,12-14H2,1-3H3,(H,26,29,31). The van der Waals surface area contributed by atoms with Crippen LogP contribution in [-0.4, -0.2) is 37.5 Å². The van der Waals surface area contributed by atoms with E-state index in [0.29, 0.717) is 17.4 Å². The first-order chi connectivity index (χ1) is 15.4. The highest BCUT2D eigenvalue weighted by Crippen LogP contribution is 2.50. The molecule has 7 heteroatoms. The molecule has 0 saturated carbocycles. The van der Waals surface area contributed by atoms with Crippen LogP contribution in [0.25, 0.3) is 0 Å². The molecule has 0 bridgehead atoms. The number of hydrogen-bond donors (Lipinski definition) is 1. The summed E-state index contributed by atoms with van der Waals surface area (Å²) in [6, 6.07) is 13.7. The van der Waals surface area contributed by atoms with Gasteiger partial charge in [0, 0.05) is 12.2 Å². The number of nitrogens with one attached hydrogen (secondary N) is 1. The molecule has 0 radical (unpaired) electrons. The fourth-order valence-electron chi connectivity index (χ4n) is 5.98. The van der Waals surface area contributed by atoms with Crippen molar-refractivity contribution in [2.75, 3.05) is 23.5 Å². The van der Waals surface area contributed by atoms with Gasteiger partial charge in [-0.05, 0) is 60.6 Å². The molecule has 7 nitrogen and oxygen atoms in total. The second kappa shape index (κ2) is 7.36. The Bertz CT molecular complexity index is 1100. The largest absolute Gasteiger partial charge is 0.497 e. The first kappa shape index (κ1) is 20.5. The molecular weight excluding hydrogens is 406 g/mol. The normalized spacial score (nSPS) is 29.5. The van der Waals surface area contributed by atoms with Gasteiger partial charge in [0.2, 0.25) is 5.91 Å².